The Balaban J connectivity index is 1.11. The number of benzene rings is 3. The number of hydrogen-bond donors (Lipinski definition) is 2. The molecule has 1 aliphatic rings. The highest BCUT2D eigenvalue weighted by atomic mass is 32.2. The predicted molar refractivity (Wildman–Crippen MR) is 173 cm³/mol. The number of sulfonamides is 1. The van der Waals surface area contributed by atoms with Crippen molar-refractivity contribution in [3.05, 3.63) is 89.1 Å². The van der Waals surface area contributed by atoms with E-state index >= 15 is 0 Å². The summed E-state index contributed by atoms with van der Waals surface area (Å²) in [4.78, 5) is 32.1. The van der Waals surface area contributed by atoms with E-state index in [1.807, 2.05) is 12.1 Å². The van der Waals surface area contributed by atoms with Crippen LogP contribution in [0.1, 0.15) is 12.5 Å². The molecule has 6 rings (SSSR count). The summed E-state index contributed by atoms with van der Waals surface area (Å²) in [5.41, 5.74) is 4.94. The zero-order chi connectivity index (χ0) is 30.8. The Bertz CT molecular complexity index is 1970. The first kappa shape index (κ1) is 29.8. The van der Waals surface area contributed by atoms with Crippen LogP contribution in [0.15, 0.2) is 82.9 Å². The minimum atomic E-state index is -3.68. The molecular formula is C32H36N8O3S. The molecule has 1 atom stereocenters. The van der Waals surface area contributed by atoms with Crippen molar-refractivity contribution < 1.29 is 8.42 Å². The Kier molecular flexibility index (Phi) is 8.41. The molecule has 3 aromatic carbocycles. The zero-order valence-electron chi connectivity index (χ0n) is 25.1. The van der Waals surface area contributed by atoms with Gasteiger partial charge in [0.15, 0.2) is 0 Å². The molecule has 5 aromatic rings. The molecule has 44 heavy (non-hydrogen) atoms. The minimum absolute atomic E-state index is 0.0667. The number of aromatic nitrogens is 4. The monoisotopic (exact) mass is 612 g/mol. The van der Waals surface area contributed by atoms with E-state index in [1.54, 1.807) is 12.4 Å². The van der Waals surface area contributed by atoms with Crippen molar-refractivity contribution in [2.45, 2.75) is 24.4 Å². The van der Waals surface area contributed by atoms with Crippen LogP contribution in [-0.4, -0.2) is 95.3 Å². The van der Waals surface area contributed by atoms with Crippen molar-refractivity contribution in [3.8, 4) is 11.1 Å². The molecule has 2 N–H and O–H groups in total. The molecule has 0 radical (unpaired) electrons. The Labute approximate surface area is 256 Å². The molecular weight excluding hydrogens is 576 g/mol. The molecule has 0 aliphatic carbocycles. The lowest BCUT2D eigenvalue weighted by atomic mass is 10.00. The van der Waals surface area contributed by atoms with Crippen LogP contribution >= 0.6 is 0 Å². The van der Waals surface area contributed by atoms with Gasteiger partial charge >= 0.3 is 0 Å². The van der Waals surface area contributed by atoms with Crippen LogP contribution in [0.5, 0.6) is 0 Å². The second-order valence-electron chi connectivity index (χ2n) is 11.5. The lowest BCUT2D eigenvalue weighted by molar-refractivity contribution is 0.184. The van der Waals surface area contributed by atoms with Crippen molar-refractivity contribution >= 4 is 37.8 Å². The molecule has 12 heteroatoms. The smallest absolute Gasteiger partial charge is 0.266 e. The van der Waals surface area contributed by atoms with Gasteiger partial charge in [0.05, 0.1) is 27.6 Å². The SMILES string of the molecule is CC(CN1CCN(S(=O)(=O)c2ccc3[nH]c(=O)cnc3c2)CC1)Nc1ncnc2c(-c3cccc(CN(C)C)c3)cccc12. The van der Waals surface area contributed by atoms with Crippen molar-refractivity contribution in [1.82, 2.24) is 34.0 Å². The standard InChI is InChI=1S/C32H36N8O3S/c1-22(19-39-12-14-40(15-13-39)44(42,43)25-10-11-28-29(17-25)33-18-30(41)37-28)36-32-27-9-5-8-26(31(27)34-21-35-32)24-7-4-6-23(16-24)20-38(2)3/h4-11,16-18,21-22H,12-15,19-20H2,1-3H3,(H,37,41)(H,34,35,36). The number of rotatable bonds is 9. The summed E-state index contributed by atoms with van der Waals surface area (Å²) in [7, 11) is 0.443. The van der Waals surface area contributed by atoms with Crippen LogP contribution in [0.25, 0.3) is 33.1 Å². The maximum Gasteiger partial charge on any atom is 0.266 e. The van der Waals surface area contributed by atoms with E-state index < -0.39 is 10.0 Å². The zero-order valence-corrected chi connectivity index (χ0v) is 25.9. The van der Waals surface area contributed by atoms with Crippen LogP contribution in [0.4, 0.5) is 5.82 Å². The number of H-pyrrole nitrogens is 1. The van der Waals surface area contributed by atoms with E-state index in [4.69, 9.17) is 0 Å². The van der Waals surface area contributed by atoms with Crippen LogP contribution in [0.3, 0.4) is 0 Å². The number of para-hydroxylation sites is 1. The summed E-state index contributed by atoms with van der Waals surface area (Å²) >= 11 is 0. The average molecular weight is 613 g/mol. The van der Waals surface area contributed by atoms with Gasteiger partial charge in [-0.2, -0.15) is 4.31 Å². The molecule has 11 nitrogen and oxygen atoms in total. The Morgan fingerprint density at radius 3 is 2.57 bits per heavy atom. The second kappa shape index (κ2) is 12.4. The second-order valence-corrected chi connectivity index (χ2v) is 13.5. The number of anilines is 1. The van der Waals surface area contributed by atoms with E-state index in [9.17, 15) is 13.2 Å². The summed E-state index contributed by atoms with van der Waals surface area (Å²) < 4.78 is 28.2. The van der Waals surface area contributed by atoms with E-state index in [0.717, 1.165) is 47.1 Å². The van der Waals surface area contributed by atoms with Gasteiger partial charge in [-0.25, -0.2) is 23.4 Å². The van der Waals surface area contributed by atoms with Crippen molar-refractivity contribution in [2.24, 2.45) is 0 Å². The van der Waals surface area contributed by atoms with Crippen molar-refractivity contribution in [2.75, 3.05) is 52.1 Å². The number of nitrogens with zero attached hydrogens (tertiary/aromatic N) is 6. The Hall–Kier alpha value is -4.23. The van der Waals surface area contributed by atoms with Gasteiger partial charge in [0.1, 0.15) is 12.1 Å². The van der Waals surface area contributed by atoms with Crippen molar-refractivity contribution in [3.63, 3.8) is 0 Å². The first-order valence-electron chi connectivity index (χ1n) is 14.6. The highest BCUT2D eigenvalue weighted by Crippen LogP contribution is 2.31. The third-order valence-corrected chi connectivity index (χ3v) is 9.73. The summed E-state index contributed by atoms with van der Waals surface area (Å²) in [5.74, 6) is 0.779. The third-order valence-electron chi connectivity index (χ3n) is 7.83. The van der Waals surface area contributed by atoms with Crippen LogP contribution in [0, 0.1) is 0 Å². The highest BCUT2D eigenvalue weighted by Gasteiger charge is 2.29. The first-order chi connectivity index (χ1) is 21.2. The number of aromatic amines is 1. The fourth-order valence-electron chi connectivity index (χ4n) is 5.78. The lowest BCUT2D eigenvalue weighted by Crippen LogP contribution is -2.50. The minimum Gasteiger partial charge on any atom is -0.366 e. The summed E-state index contributed by atoms with van der Waals surface area (Å²) in [6, 6.07) is 19.4. The third kappa shape index (κ3) is 6.34. The molecule has 1 fully saturated rings. The lowest BCUT2D eigenvalue weighted by Gasteiger charge is -2.35. The van der Waals surface area contributed by atoms with E-state index in [2.05, 4.69) is 86.4 Å². The van der Waals surface area contributed by atoms with Crippen LogP contribution in [-0.2, 0) is 16.6 Å². The normalized spacial score (nSPS) is 15.6. The fourth-order valence-corrected chi connectivity index (χ4v) is 7.23. The van der Waals surface area contributed by atoms with Crippen molar-refractivity contribution in [1.29, 1.82) is 0 Å². The van der Waals surface area contributed by atoms with E-state index in [1.165, 1.54) is 22.0 Å². The van der Waals surface area contributed by atoms with E-state index in [0.29, 0.717) is 37.2 Å². The van der Waals surface area contributed by atoms with Gasteiger partial charge in [-0.1, -0.05) is 30.3 Å². The molecule has 1 unspecified atom stereocenters. The fraction of sp³-hybridized carbons (Fsp3) is 0.312. The molecule has 0 amide bonds. The summed E-state index contributed by atoms with van der Waals surface area (Å²) in [6.45, 7) is 5.71. The molecule has 3 heterocycles. The average Bonchev–Trinajstić information content (AvgIpc) is 3.00. The molecule has 0 saturated carbocycles. The Morgan fingerprint density at radius 1 is 0.977 bits per heavy atom. The molecule has 0 bridgehead atoms. The summed E-state index contributed by atoms with van der Waals surface area (Å²) in [6.07, 6.45) is 2.76. The topological polar surface area (TPSA) is 127 Å². The van der Waals surface area contributed by atoms with Gasteiger partial charge in [0.25, 0.3) is 5.56 Å². The van der Waals surface area contributed by atoms with Gasteiger partial charge in [-0.15, -0.1) is 0 Å². The van der Waals surface area contributed by atoms with Gasteiger partial charge < -0.3 is 15.2 Å². The highest BCUT2D eigenvalue weighted by molar-refractivity contribution is 7.89. The predicted octanol–water partition coefficient (Wildman–Crippen LogP) is 3.40. The number of fused-ring (bicyclic) bond motifs is 2. The maximum atomic E-state index is 13.4. The molecule has 1 saturated heterocycles. The number of nitrogens with one attached hydrogen (secondary N) is 2. The number of piperazine rings is 1. The van der Waals surface area contributed by atoms with Gasteiger partial charge in [-0.3, -0.25) is 9.69 Å². The largest absolute Gasteiger partial charge is 0.366 e. The molecule has 0 spiro atoms. The molecule has 1 aliphatic heterocycles. The molecule has 2 aromatic heterocycles. The van der Waals surface area contributed by atoms with Gasteiger partial charge in [-0.05, 0) is 62.5 Å². The van der Waals surface area contributed by atoms with Gasteiger partial charge in [0.2, 0.25) is 10.0 Å². The molecule has 228 valence electrons. The number of hydrogen-bond acceptors (Lipinski definition) is 9. The maximum absolute atomic E-state index is 13.4. The van der Waals surface area contributed by atoms with Crippen LogP contribution < -0.4 is 10.9 Å². The Morgan fingerprint density at radius 2 is 1.77 bits per heavy atom. The quantitative estimate of drug-likeness (QED) is 0.258. The summed E-state index contributed by atoms with van der Waals surface area (Å²) in [5, 5.41) is 4.53. The van der Waals surface area contributed by atoms with Gasteiger partial charge in [0, 0.05) is 56.3 Å². The van der Waals surface area contributed by atoms with E-state index in [-0.39, 0.29) is 16.5 Å². The first-order valence-corrected chi connectivity index (χ1v) is 16.1. The van der Waals surface area contributed by atoms with Crippen LogP contribution in [0.2, 0.25) is 0 Å².